The number of nitrogens with one attached hydrogen (secondary N) is 1. The van der Waals surface area contributed by atoms with E-state index in [1.807, 2.05) is 47.1 Å². The molecule has 1 fully saturated rings. The van der Waals surface area contributed by atoms with Crippen LogP contribution in [0.1, 0.15) is 31.1 Å². The lowest BCUT2D eigenvalue weighted by molar-refractivity contribution is -0.142. The quantitative estimate of drug-likeness (QED) is 0.754. The summed E-state index contributed by atoms with van der Waals surface area (Å²) in [4.78, 5) is 15.4. The molecule has 142 valence electrons. The molecule has 0 unspecified atom stereocenters. The molecular formula is C21H26N4O2. The van der Waals surface area contributed by atoms with E-state index in [0.29, 0.717) is 6.54 Å². The van der Waals surface area contributed by atoms with Gasteiger partial charge in [0.25, 0.3) is 5.91 Å². The van der Waals surface area contributed by atoms with Crippen LogP contribution in [-0.2, 0) is 23.3 Å². The minimum atomic E-state index is -0.616. The normalized spacial score (nSPS) is 16.5. The van der Waals surface area contributed by atoms with Crippen molar-refractivity contribution in [2.45, 2.75) is 38.3 Å². The minimum Gasteiger partial charge on any atom is -0.461 e. The van der Waals surface area contributed by atoms with E-state index in [4.69, 9.17) is 4.42 Å². The van der Waals surface area contributed by atoms with Gasteiger partial charge in [-0.2, -0.15) is 5.10 Å². The first-order chi connectivity index (χ1) is 13.2. The van der Waals surface area contributed by atoms with Gasteiger partial charge in [0.05, 0.1) is 0 Å². The molecule has 0 spiro atoms. The van der Waals surface area contributed by atoms with Crippen molar-refractivity contribution in [1.29, 1.82) is 0 Å². The molecule has 4 rings (SSSR count). The standard InChI is InChI=1S/C21H26N4O2/c1-3-18-17(16-7-4-5-8-19(16)27-18)15-24(2)20(26)21(9-12-22-13-10-21)25-14-6-11-23-25/h4-8,11,14,22H,3,9-10,12-13,15H2,1-2H3. The van der Waals surface area contributed by atoms with Gasteiger partial charge in [0, 0.05) is 43.4 Å². The lowest BCUT2D eigenvalue weighted by atomic mass is 9.86. The van der Waals surface area contributed by atoms with Crippen molar-refractivity contribution in [3.8, 4) is 0 Å². The van der Waals surface area contributed by atoms with Crippen LogP contribution >= 0.6 is 0 Å². The number of hydrogen-bond donors (Lipinski definition) is 1. The molecule has 0 aliphatic carbocycles. The Bertz CT molecular complexity index is 923. The first kappa shape index (κ1) is 17.8. The van der Waals surface area contributed by atoms with Crippen LogP contribution in [0.5, 0.6) is 0 Å². The van der Waals surface area contributed by atoms with E-state index in [9.17, 15) is 4.79 Å². The van der Waals surface area contributed by atoms with Gasteiger partial charge in [0.2, 0.25) is 0 Å². The summed E-state index contributed by atoms with van der Waals surface area (Å²) < 4.78 is 7.85. The second-order valence-corrected chi connectivity index (χ2v) is 7.25. The topological polar surface area (TPSA) is 63.3 Å². The number of para-hydroxylation sites is 1. The zero-order chi connectivity index (χ0) is 18.9. The number of rotatable bonds is 5. The molecule has 27 heavy (non-hydrogen) atoms. The predicted octanol–water partition coefficient (Wildman–Crippen LogP) is 2.93. The number of nitrogens with zero attached hydrogens (tertiary/aromatic N) is 3. The Morgan fingerprint density at radius 2 is 2.07 bits per heavy atom. The molecule has 2 aromatic heterocycles. The molecule has 6 nitrogen and oxygen atoms in total. The van der Waals surface area contributed by atoms with E-state index in [1.54, 1.807) is 6.20 Å². The van der Waals surface area contributed by atoms with Crippen LogP contribution in [0, 0.1) is 0 Å². The van der Waals surface area contributed by atoms with Gasteiger partial charge in [-0.15, -0.1) is 0 Å². The molecule has 1 saturated heterocycles. The van der Waals surface area contributed by atoms with Gasteiger partial charge >= 0.3 is 0 Å². The summed E-state index contributed by atoms with van der Waals surface area (Å²) in [6.07, 6.45) is 5.94. The number of carbonyl (C=O) groups is 1. The molecule has 0 saturated carbocycles. The first-order valence-corrected chi connectivity index (χ1v) is 9.61. The van der Waals surface area contributed by atoms with Crippen LogP contribution in [0.4, 0.5) is 0 Å². The maximum atomic E-state index is 13.6. The van der Waals surface area contributed by atoms with E-state index in [2.05, 4.69) is 23.4 Å². The molecule has 1 amide bonds. The smallest absolute Gasteiger partial charge is 0.250 e. The van der Waals surface area contributed by atoms with Crippen LogP contribution < -0.4 is 5.32 Å². The van der Waals surface area contributed by atoms with Crippen LogP contribution in [0.25, 0.3) is 11.0 Å². The summed E-state index contributed by atoms with van der Waals surface area (Å²) in [5.74, 6) is 1.06. The summed E-state index contributed by atoms with van der Waals surface area (Å²) in [6, 6.07) is 9.93. The number of amides is 1. The van der Waals surface area contributed by atoms with E-state index in [-0.39, 0.29) is 5.91 Å². The number of hydrogen-bond acceptors (Lipinski definition) is 4. The Hall–Kier alpha value is -2.60. The highest BCUT2D eigenvalue weighted by molar-refractivity contribution is 5.86. The number of aryl methyl sites for hydroxylation is 1. The Morgan fingerprint density at radius 1 is 1.30 bits per heavy atom. The molecule has 1 aliphatic heterocycles. The van der Waals surface area contributed by atoms with Crippen LogP contribution in [0.15, 0.2) is 47.1 Å². The molecule has 0 radical (unpaired) electrons. The fraction of sp³-hybridized carbons (Fsp3) is 0.429. The first-order valence-electron chi connectivity index (χ1n) is 9.61. The highest BCUT2D eigenvalue weighted by atomic mass is 16.3. The van der Waals surface area contributed by atoms with Gasteiger partial charge in [-0.25, -0.2) is 0 Å². The van der Waals surface area contributed by atoms with Crippen molar-refractivity contribution in [2.75, 3.05) is 20.1 Å². The van der Waals surface area contributed by atoms with Crippen LogP contribution in [-0.4, -0.2) is 40.7 Å². The Morgan fingerprint density at radius 3 is 2.78 bits per heavy atom. The largest absolute Gasteiger partial charge is 0.461 e. The molecule has 3 aromatic rings. The van der Waals surface area contributed by atoms with Crippen molar-refractivity contribution >= 4 is 16.9 Å². The molecule has 1 N–H and O–H groups in total. The highest BCUT2D eigenvalue weighted by Gasteiger charge is 2.43. The SMILES string of the molecule is CCc1oc2ccccc2c1CN(C)C(=O)C1(n2cccn2)CCNCC1. The van der Waals surface area contributed by atoms with Gasteiger partial charge in [0.15, 0.2) is 0 Å². The van der Waals surface area contributed by atoms with Crippen molar-refractivity contribution in [2.24, 2.45) is 0 Å². The zero-order valence-corrected chi connectivity index (χ0v) is 15.9. The summed E-state index contributed by atoms with van der Waals surface area (Å²) in [5, 5.41) is 8.87. The molecule has 0 atom stereocenters. The fourth-order valence-electron chi connectivity index (χ4n) is 4.18. The predicted molar refractivity (Wildman–Crippen MR) is 104 cm³/mol. The van der Waals surface area contributed by atoms with E-state index in [1.165, 1.54) is 0 Å². The summed E-state index contributed by atoms with van der Waals surface area (Å²) in [6.45, 7) is 4.25. The molecule has 6 heteroatoms. The summed E-state index contributed by atoms with van der Waals surface area (Å²) in [5.41, 5.74) is 1.37. The lowest BCUT2D eigenvalue weighted by Gasteiger charge is -2.39. The van der Waals surface area contributed by atoms with Crippen molar-refractivity contribution in [3.63, 3.8) is 0 Å². The summed E-state index contributed by atoms with van der Waals surface area (Å²) in [7, 11) is 1.89. The number of aromatic nitrogens is 2. The zero-order valence-electron chi connectivity index (χ0n) is 15.9. The summed E-state index contributed by atoms with van der Waals surface area (Å²) >= 11 is 0. The number of likely N-dealkylation sites (N-methyl/N-ethyl adjacent to an activating group) is 1. The number of benzene rings is 1. The highest BCUT2D eigenvalue weighted by Crippen LogP contribution is 2.32. The molecule has 3 heterocycles. The Labute approximate surface area is 159 Å². The second kappa shape index (κ2) is 7.19. The molecule has 1 aromatic carbocycles. The number of furan rings is 1. The van der Waals surface area contributed by atoms with Gasteiger partial charge in [-0.1, -0.05) is 25.1 Å². The average molecular weight is 366 g/mol. The third kappa shape index (κ3) is 3.04. The van der Waals surface area contributed by atoms with Crippen molar-refractivity contribution in [3.05, 3.63) is 54.0 Å². The Balaban J connectivity index is 1.66. The third-order valence-electron chi connectivity index (χ3n) is 5.62. The van der Waals surface area contributed by atoms with E-state index in [0.717, 1.165) is 54.6 Å². The van der Waals surface area contributed by atoms with Crippen LogP contribution in [0.2, 0.25) is 0 Å². The Kier molecular flexibility index (Phi) is 4.74. The van der Waals surface area contributed by atoms with Crippen molar-refractivity contribution < 1.29 is 9.21 Å². The van der Waals surface area contributed by atoms with Gasteiger partial charge < -0.3 is 14.6 Å². The minimum absolute atomic E-state index is 0.111. The van der Waals surface area contributed by atoms with E-state index >= 15 is 0 Å². The second-order valence-electron chi connectivity index (χ2n) is 7.25. The molecule has 1 aliphatic rings. The third-order valence-corrected chi connectivity index (χ3v) is 5.62. The van der Waals surface area contributed by atoms with Gasteiger partial charge in [0.1, 0.15) is 16.9 Å². The maximum Gasteiger partial charge on any atom is 0.250 e. The molecule has 0 bridgehead atoms. The van der Waals surface area contributed by atoms with Crippen LogP contribution in [0.3, 0.4) is 0 Å². The average Bonchev–Trinajstić information content (AvgIpc) is 3.36. The van der Waals surface area contributed by atoms with E-state index < -0.39 is 5.54 Å². The van der Waals surface area contributed by atoms with Gasteiger partial charge in [-0.05, 0) is 38.1 Å². The number of fused-ring (bicyclic) bond motifs is 1. The monoisotopic (exact) mass is 366 g/mol. The van der Waals surface area contributed by atoms with Crippen molar-refractivity contribution in [1.82, 2.24) is 20.0 Å². The fourth-order valence-corrected chi connectivity index (χ4v) is 4.18. The molecular weight excluding hydrogens is 340 g/mol. The number of piperidine rings is 1. The number of carbonyl (C=O) groups excluding carboxylic acids is 1. The van der Waals surface area contributed by atoms with Gasteiger partial charge in [-0.3, -0.25) is 9.48 Å². The maximum absolute atomic E-state index is 13.6. The lowest BCUT2D eigenvalue weighted by Crippen LogP contribution is -2.54.